The molecule has 0 saturated heterocycles. The molecule has 0 spiro atoms. The summed E-state index contributed by atoms with van der Waals surface area (Å²) in [7, 11) is 1.12. The van der Waals surface area contributed by atoms with E-state index in [0.717, 1.165) is 7.11 Å². The first-order valence-electron chi connectivity index (χ1n) is 7.43. The number of halogens is 4. The fraction of sp³-hybridized carbons (Fsp3) is 0.333. The number of amides is 1. The molecule has 0 unspecified atom stereocenters. The van der Waals surface area contributed by atoms with Crippen LogP contribution in [-0.2, 0) is 33.5 Å². The molecule has 1 atom stereocenters. The van der Waals surface area contributed by atoms with Crippen LogP contribution in [0.4, 0.5) is 13.2 Å². The molecule has 0 radical (unpaired) electrons. The molecule has 2 heterocycles. The summed E-state index contributed by atoms with van der Waals surface area (Å²) in [5.41, 5.74) is -1.63. The Balaban J connectivity index is 2.19. The Hall–Kier alpha value is -2.82. The number of esters is 1. The largest absolute Gasteiger partial charge is 0.467 e. The predicted molar refractivity (Wildman–Crippen MR) is 87.0 cm³/mol. The maximum atomic E-state index is 12.8. The van der Waals surface area contributed by atoms with Crippen LogP contribution in [0.2, 0.25) is 5.02 Å². The minimum atomic E-state index is -4.75. The summed E-state index contributed by atoms with van der Waals surface area (Å²) in [6.07, 6.45) is -1.45. The highest BCUT2D eigenvalue weighted by Crippen LogP contribution is 2.29. The predicted octanol–water partition coefficient (Wildman–Crippen LogP) is 1.14. The number of pyridine rings is 1. The van der Waals surface area contributed by atoms with Crippen LogP contribution in [0.25, 0.3) is 0 Å². The number of H-pyrrole nitrogens is 1. The monoisotopic (exact) mass is 406 g/mol. The highest BCUT2D eigenvalue weighted by molar-refractivity contribution is 6.30. The molecule has 0 aliphatic carbocycles. The first-order valence-corrected chi connectivity index (χ1v) is 7.81. The van der Waals surface area contributed by atoms with Crippen molar-refractivity contribution in [1.82, 2.24) is 19.9 Å². The molecule has 0 aliphatic heterocycles. The van der Waals surface area contributed by atoms with E-state index in [0.29, 0.717) is 22.5 Å². The Morgan fingerprint density at radius 2 is 2.15 bits per heavy atom. The van der Waals surface area contributed by atoms with Gasteiger partial charge in [-0.2, -0.15) is 13.2 Å². The summed E-state index contributed by atoms with van der Waals surface area (Å²) < 4.78 is 43.6. The standard InChI is InChI=1S/C15H14ClF3N4O4/c1-27-14(26)11(3-9-4-20-7-21-9)22-12(24)6-23-5-8(15(17,18)19)2-10(16)13(23)25/h2,4-5,7,11H,3,6H2,1H3,(H,20,21)(H,22,24)/t11-/m0/s1. The fourth-order valence-electron chi connectivity index (χ4n) is 2.22. The number of imidazole rings is 1. The van der Waals surface area contributed by atoms with E-state index < -0.39 is 46.8 Å². The molecule has 2 aromatic heterocycles. The second kappa shape index (κ2) is 8.25. The average molecular weight is 407 g/mol. The highest BCUT2D eigenvalue weighted by Gasteiger charge is 2.32. The summed E-state index contributed by atoms with van der Waals surface area (Å²) in [5, 5.41) is 1.63. The van der Waals surface area contributed by atoms with Gasteiger partial charge in [0.15, 0.2) is 0 Å². The van der Waals surface area contributed by atoms with Crippen LogP contribution >= 0.6 is 11.6 Å². The molecular formula is C15H14ClF3N4O4. The van der Waals surface area contributed by atoms with Gasteiger partial charge in [-0.25, -0.2) is 9.78 Å². The zero-order chi connectivity index (χ0) is 20.2. The van der Waals surface area contributed by atoms with E-state index in [4.69, 9.17) is 11.6 Å². The van der Waals surface area contributed by atoms with Gasteiger partial charge in [0.25, 0.3) is 5.56 Å². The highest BCUT2D eigenvalue weighted by atomic mass is 35.5. The summed E-state index contributed by atoms with van der Waals surface area (Å²) in [4.78, 5) is 42.4. The lowest BCUT2D eigenvalue weighted by atomic mass is 10.1. The number of rotatable bonds is 6. The second-order valence-electron chi connectivity index (χ2n) is 5.43. The molecular weight excluding hydrogens is 393 g/mol. The lowest BCUT2D eigenvalue weighted by molar-refractivity contribution is -0.145. The smallest absolute Gasteiger partial charge is 0.417 e. The van der Waals surface area contributed by atoms with E-state index in [1.165, 1.54) is 12.5 Å². The first kappa shape index (κ1) is 20.5. The number of carbonyl (C=O) groups excluding carboxylic acids is 2. The number of nitrogens with one attached hydrogen (secondary N) is 2. The van der Waals surface area contributed by atoms with Gasteiger partial charge in [0, 0.05) is 24.5 Å². The number of aromatic amines is 1. The van der Waals surface area contributed by atoms with Crippen molar-refractivity contribution in [2.24, 2.45) is 0 Å². The van der Waals surface area contributed by atoms with Crippen molar-refractivity contribution in [2.45, 2.75) is 25.2 Å². The Bertz CT molecular complexity index is 880. The van der Waals surface area contributed by atoms with E-state index >= 15 is 0 Å². The summed E-state index contributed by atoms with van der Waals surface area (Å²) >= 11 is 5.53. The Morgan fingerprint density at radius 3 is 2.70 bits per heavy atom. The third kappa shape index (κ3) is 5.33. The number of carbonyl (C=O) groups is 2. The molecule has 12 heteroatoms. The Labute approximate surface area is 155 Å². The lowest BCUT2D eigenvalue weighted by Crippen LogP contribution is -2.45. The molecule has 2 rings (SSSR count). The molecule has 0 bridgehead atoms. The van der Waals surface area contributed by atoms with Gasteiger partial charge in [-0.05, 0) is 6.07 Å². The van der Waals surface area contributed by atoms with E-state index in [-0.39, 0.29) is 6.42 Å². The van der Waals surface area contributed by atoms with Crippen molar-refractivity contribution in [3.8, 4) is 0 Å². The third-order valence-electron chi connectivity index (χ3n) is 3.48. The number of nitrogens with zero attached hydrogens (tertiary/aromatic N) is 2. The van der Waals surface area contributed by atoms with Crippen molar-refractivity contribution in [2.75, 3.05) is 7.11 Å². The van der Waals surface area contributed by atoms with Gasteiger partial charge >= 0.3 is 12.1 Å². The molecule has 8 nitrogen and oxygen atoms in total. The number of hydrogen-bond acceptors (Lipinski definition) is 5. The van der Waals surface area contributed by atoms with Crippen LogP contribution in [0, 0.1) is 0 Å². The van der Waals surface area contributed by atoms with Crippen LogP contribution in [0.3, 0.4) is 0 Å². The van der Waals surface area contributed by atoms with Crippen molar-refractivity contribution in [3.05, 3.63) is 51.4 Å². The molecule has 27 heavy (non-hydrogen) atoms. The minimum absolute atomic E-state index is 0.0106. The zero-order valence-corrected chi connectivity index (χ0v) is 14.6. The molecule has 0 fully saturated rings. The van der Waals surface area contributed by atoms with Gasteiger partial charge in [-0.3, -0.25) is 9.59 Å². The van der Waals surface area contributed by atoms with Gasteiger partial charge in [-0.15, -0.1) is 0 Å². The lowest BCUT2D eigenvalue weighted by Gasteiger charge is -2.17. The van der Waals surface area contributed by atoms with Crippen LogP contribution in [0.15, 0.2) is 29.6 Å². The van der Waals surface area contributed by atoms with E-state index in [9.17, 15) is 27.6 Å². The molecule has 2 N–H and O–H groups in total. The SMILES string of the molecule is COC(=O)[C@H](Cc1cnc[nH]1)NC(=O)Cn1cc(C(F)(F)F)cc(Cl)c1=O. The third-order valence-corrected chi connectivity index (χ3v) is 3.75. The van der Waals surface area contributed by atoms with Gasteiger partial charge in [-0.1, -0.05) is 11.6 Å². The van der Waals surface area contributed by atoms with Crippen LogP contribution in [0.1, 0.15) is 11.3 Å². The first-order chi connectivity index (χ1) is 12.6. The van der Waals surface area contributed by atoms with Crippen molar-refractivity contribution in [1.29, 1.82) is 0 Å². The van der Waals surface area contributed by atoms with Gasteiger partial charge in [0.05, 0.1) is 19.0 Å². The van der Waals surface area contributed by atoms with Gasteiger partial charge in [0.1, 0.15) is 17.6 Å². The van der Waals surface area contributed by atoms with Crippen molar-refractivity contribution < 1.29 is 27.5 Å². The second-order valence-corrected chi connectivity index (χ2v) is 5.84. The molecule has 0 aliphatic rings. The number of alkyl halides is 3. The summed E-state index contributed by atoms with van der Waals surface area (Å²) in [6.45, 7) is -0.765. The molecule has 0 saturated carbocycles. The minimum Gasteiger partial charge on any atom is -0.467 e. The van der Waals surface area contributed by atoms with E-state index in [2.05, 4.69) is 20.0 Å². The quantitative estimate of drug-likeness (QED) is 0.700. The van der Waals surface area contributed by atoms with E-state index in [1.54, 1.807) is 0 Å². The van der Waals surface area contributed by atoms with Crippen LogP contribution < -0.4 is 10.9 Å². The Kier molecular flexibility index (Phi) is 6.26. The maximum absolute atomic E-state index is 12.8. The maximum Gasteiger partial charge on any atom is 0.417 e. The van der Waals surface area contributed by atoms with Crippen LogP contribution in [0.5, 0.6) is 0 Å². The van der Waals surface area contributed by atoms with Crippen molar-refractivity contribution in [3.63, 3.8) is 0 Å². The van der Waals surface area contributed by atoms with Crippen LogP contribution in [-0.4, -0.2) is 39.6 Å². The topological polar surface area (TPSA) is 106 Å². The summed E-state index contributed by atoms with van der Waals surface area (Å²) in [6, 6.07) is -0.645. The van der Waals surface area contributed by atoms with E-state index in [1.807, 2.05) is 0 Å². The molecule has 1 amide bonds. The summed E-state index contributed by atoms with van der Waals surface area (Å²) in [5.74, 6) is -1.64. The normalized spacial score (nSPS) is 12.5. The number of ether oxygens (including phenoxy) is 1. The molecule has 2 aromatic rings. The number of methoxy groups -OCH3 is 1. The van der Waals surface area contributed by atoms with Gasteiger partial charge in [0.2, 0.25) is 5.91 Å². The zero-order valence-electron chi connectivity index (χ0n) is 13.8. The fourth-order valence-corrected chi connectivity index (χ4v) is 2.44. The number of hydrogen-bond donors (Lipinski definition) is 2. The van der Waals surface area contributed by atoms with Crippen molar-refractivity contribution >= 4 is 23.5 Å². The Morgan fingerprint density at radius 1 is 1.44 bits per heavy atom. The average Bonchev–Trinajstić information content (AvgIpc) is 3.09. The van der Waals surface area contributed by atoms with Gasteiger partial charge < -0.3 is 19.6 Å². The molecule has 146 valence electrons. The number of aromatic nitrogens is 3. The molecule has 0 aromatic carbocycles.